The van der Waals surface area contributed by atoms with Crippen molar-refractivity contribution in [3.05, 3.63) is 24.5 Å². The number of carbonyl (C=O) groups is 2. The van der Waals surface area contributed by atoms with Crippen LogP contribution in [0.2, 0.25) is 0 Å². The normalized spacial score (nSPS) is 19.0. The predicted octanol–water partition coefficient (Wildman–Crippen LogP) is 1.56. The third kappa shape index (κ3) is 5.32. The quantitative estimate of drug-likeness (QED) is 0.819. The lowest BCUT2D eigenvalue weighted by molar-refractivity contribution is -0.192. The maximum absolute atomic E-state index is 11.9. The minimum Gasteiger partial charge on any atom is -0.475 e. The number of anilines is 1. The number of nitrogens with zero attached hydrogens (tertiary/aromatic N) is 2. The van der Waals surface area contributed by atoms with E-state index in [1.165, 1.54) is 0 Å². The van der Waals surface area contributed by atoms with Gasteiger partial charge in [-0.25, -0.2) is 4.79 Å². The molecule has 0 saturated carbocycles. The maximum Gasteiger partial charge on any atom is 0.490 e. The van der Waals surface area contributed by atoms with Gasteiger partial charge in [0, 0.05) is 12.7 Å². The molecule has 0 bridgehead atoms. The molecule has 122 valence electrons. The highest BCUT2D eigenvalue weighted by Crippen LogP contribution is 2.18. The van der Waals surface area contributed by atoms with E-state index in [0.717, 1.165) is 31.5 Å². The molecule has 1 aromatic heterocycles. The van der Waals surface area contributed by atoms with Gasteiger partial charge in [-0.2, -0.15) is 13.2 Å². The molecule has 9 heteroatoms. The van der Waals surface area contributed by atoms with E-state index >= 15 is 0 Å². The molecule has 1 aliphatic rings. The van der Waals surface area contributed by atoms with Crippen molar-refractivity contribution < 1.29 is 27.9 Å². The Hall–Kier alpha value is -2.16. The monoisotopic (exact) mass is 319 g/mol. The lowest BCUT2D eigenvalue weighted by Crippen LogP contribution is -2.42. The fraction of sp³-hybridized carbons (Fsp3) is 0.462. The van der Waals surface area contributed by atoms with Crippen LogP contribution in [-0.2, 0) is 9.59 Å². The Balaban J connectivity index is 0.000000295. The van der Waals surface area contributed by atoms with Gasteiger partial charge in [-0.15, -0.1) is 0 Å². The molecule has 0 radical (unpaired) electrons. The number of pyridine rings is 1. The molecule has 1 saturated heterocycles. The second kappa shape index (κ2) is 7.74. The van der Waals surface area contributed by atoms with Crippen molar-refractivity contribution in [1.82, 2.24) is 4.98 Å². The Kier molecular flexibility index (Phi) is 6.29. The molecule has 1 aliphatic heterocycles. The van der Waals surface area contributed by atoms with Crippen LogP contribution in [0.5, 0.6) is 0 Å². The summed E-state index contributed by atoms with van der Waals surface area (Å²) < 4.78 is 31.7. The van der Waals surface area contributed by atoms with Crippen molar-refractivity contribution in [2.75, 3.05) is 11.4 Å². The summed E-state index contributed by atoms with van der Waals surface area (Å²) in [6, 6.07) is 3.37. The second-order valence-electron chi connectivity index (χ2n) is 4.61. The zero-order valence-electron chi connectivity index (χ0n) is 11.6. The number of amides is 1. The van der Waals surface area contributed by atoms with Gasteiger partial charge in [-0.05, 0) is 31.4 Å². The van der Waals surface area contributed by atoms with Crippen molar-refractivity contribution in [3.8, 4) is 0 Å². The molecule has 0 aromatic carbocycles. The van der Waals surface area contributed by atoms with Crippen LogP contribution in [0.15, 0.2) is 24.5 Å². The Morgan fingerprint density at radius 3 is 2.55 bits per heavy atom. The summed E-state index contributed by atoms with van der Waals surface area (Å²) >= 11 is 0. The summed E-state index contributed by atoms with van der Waals surface area (Å²) in [5.74, 6) is -2.74. The number of carbonyl (C=O) groups excluding carboxylic acids is 1. The smallest absolute Gasteiger partial charge is 0.475 e. The largest absolute Gasteiger partial charge is 0.490 e. The third-order valence-electron chi connectivity index (χ3n) is 2.93. The van der Waals surface area contributed by atoms with E-state index in [1.807, 2.05) is 12.1 Å². The first kappa shape index (κ1) is 17.9. The zero-order chi connectivity index (χ0) is 16.8. The molecule has 1 fully saturated rings. The van der Waals surface area contributed by atoms with Gasteiger partial charge in [0.1, 0.15) is 0 Å². The predicted molar refractivity (Wildman–Crippen MR) is 72.1 cm³/mol. The standard InChI is InChI=1S/C11H15N3O.C2HF3O2/c12-10-5-1-2-7-14(11(10)15)9-4-3-6-13-8-9;3-2(4,5)1(6)7/h3-4,6,8,10H,1-2,5,7,12H2;(H,6,7)/t10-;/m0./s1. The zero-order valence-corrected chi connectivity index (χ0v) is 11.6. The van der Waals surface area contributed by atoms with E-state index in [0.29, 0.717) is 0 Å². The van der Waals surface area contributed by atoms with Gasteiger partial charge in [-0.1, -0.05) is 0 Å². The van der Waals surface area contributed by atoms with Crippen LogP contribution < -0.4 is 10.6 Å². The number of halogens is 3. The Bertz CT molecular complexity index is 508. The number of rotatable bonds is 1. The molecule has 0 spiro atoms. The third-order valence-corrected chi connectivity index (χ3v) is 2.93. The Morgan fingerprint density at radius 2 is 2.05 bits per heavy atom. The van der Waals surface area contributed by atoms with Crippen LogP contribution in [0.1, 0.15) is 19.3 Å². The molecule has 3 N–H and O–H groups in total. The number of aromatic nitrogens is 1. The van der Waals surface area contributed by atoms with Crippen molar-refractivity contribution in [3.63, 3.8) is 0 Å². The van der Waals surface area contributed by atoms with Crippen LogP contribution in [0, 0.1) is 0 Å². The summed E-state index contributed by atoms with van der Waals surface area (Å²) in [6.07, 6.45) is 1.13. The van der Waals surface area contributed by atoms with Crippen LogP contribution in [0.4, 0.5) is 18.9 Å². The molecule has 6 nitrogen and oxygen atoms in total. The summed E-state index contributed by atoms with van der Waals surface area (Å²) in [5, 5.41) is 7.12. The summed E-state index contributed by atoms with van der Waals surface area (Å²) in [7, 11) is 0. The van der Waals surface area contributed by atoms with Crippen LogP contribution in [0.25, 0.3) is 0 Å². The molecule has 22 heavy (non-hydrogen) atoms. The molecule has 0 aliphatic carbocycles. The van der Waals surface area contributed by atoms with E-state index in [-0.39, 0.29) is 11.9 Å². The van der Waals surface area contributed by atoms with Gasteiger partial charge in [0.15, 0.2) is 0 Å². The van der Waals surface area contributed by atoms with Gasteiger partial charge in [0.05, 0.1) is 17.9 Å². The number of carboxylic acid groups (broad SMARTS) is 1. The van der Waals surface area contributed by atoms with Gasteiger partial charge < -0.3 is 15.7 Å². The summed E-state index contributed by atoms with van der Waals surface area (Å²) in [6.45, 7) is 0.748. The van der Waals surface area contributed by atoms with E-state index in [4.69, 9.17) is 15.6 Å². The maximum atomic E-state index is 11.9. The lowest BCUT2D eigenvalue weighted by Gasteiger charge is -2.22. The average molecular weight is 319 g/mol. The highest BCUT2D eigenvalue weighted by Gasteiger charge is 2.38. The molecule has 1 atom stereocenters. The van der Waals surface area contributed by atoms with Crippen molar-refractivity contribution in [2.45, 2.75) is 31.5 Å². The number of nitrogens with two attached hydrogens (primary N) is 1. The van der Waals surface area contributed by atoms with E-state index < -0.39 is 12.1 Å². The number of aliphatic carboxylic acids is 1. The number of alkyl halides is 3. The molecule has 0 unspecified atom stereocenters. The van der Waals surface area contributed by atoms with Crippen molar-refractivity contribution >= 4 is 17.6 Å². The topological polar surface area (TPSA) is 96.5 Å². The Labute approximate surface area is 124 Å². The van der Waals surface area contributed by atoms with E-state index in [1.54, 1.807) is 17.3 Å². The number of hydrogen-bond acceptors (Lipinski definition) is 4. The molecular weight excluding hydrogens is 303 g/mol. The highest BCUT2D eigenvalue weighted by atomic mass is 19.4. The average Bonchev–Trinajstić information content (AvgIpc) is 2.62. The van der Waals surface area contributed by atoms with Gasteiger partial charge >= 0.3 is 12.1 Å². The van der Waals surface area contributed by atoms with Crippen LogP contribution >= 0.6 is 0 Å². The number of hydrogen-bond donors (Lipinski definition) is 2. The van der Waals surface area contributed by atoms with Crippen molar-refractivity contribution in [1.29, 1.82) is 0 Å². The second-order valence-corrected chi connectivity index (χ2v) is 4.61. The fourth-order valence-corrected chi connectivity index (χ4v) is 1.84. The van der Waals surface area contributed by atoms with Crippen LogP contribution in [-0.4, -0.2) is 40.7 Å². The summed E-state index contributed by atoms with van der Waals surface area (Å²) in [5.41, 5.74) is 6.64. The minimum absolute atomic E-state index is 0.0144. The molecule has 2 rings (SSSR count). The number of carboxylic acids is 1. The first-order valence-corrected chi connectivity index (χ1v) is 6.50. The lowest BCUT2D eigenvalue weighted by atomic mass is 10.1. The minimum atomic E-state index is -5.08. The fourth-order valence-electron chi connectivity index (χ4n) is 1.84. The SMILES string of the molecule is N[C@H]1CCCCN(c2cccnc2)C1=O.O=C(O)C(F)(F)F. The van der Waals surface area contributed by atoms with Gasteiger partial charge in [-0.3, -0.25) is 9.78 Å². The van der Waals surface area contributed by atoms with Gasteiger partial charge in [0.25, 0.3) is 0 Å². The first-order chi connectivity index (χ1) is 10.2. The molecule has 1 aromatic rings. The first-order valence-electron chi connectivity index (χ1n) is 6.50. The Morgan fingerprint density at radius 1 is 1.41 bits per heavy atom. The molecule has 1 amide bonds. The molecule has 2 heterocycles. The van der Waals surface area contributed by atoms with Gasteiger partial charge in [0.2, 0.25) is 5.91 Å². The summed E-state index contributed by atoms with van der Waals surface area (Å²) in [4.78, 5) is 26.6. The van der Waals surface area contributed by atoms with E-state index in [9.17, 15) is 18.0 Å². The molecular formula is C13H16F3N3O3. The van der Waals surface area contributed by atoms with E-state index in [2.05, 4.69) is 4.98 Å². The highest BCUT2D eigenvalue weighted by molar-refractivity contribution is 5.97. The van der Waals surface area contributed by atoms with Crippen LogP contribution in [0.3, 0.4) is 0 Å². The van der Waals surface area contributed by atoms with Crippen molar-refractivity contribution in [2.24, 2.45) is 5.73 Å².